The van der Waals surface area contributed by atoms with Gasteiger partial charge in [0.05, 0.1) is 24.9 Å². The molecule has 1 aliphatic rings. The van der Waals surface area contributed by atoms with Gasteiger partial charge in [0, 0.05) is 39.3 Å². The first-order valence-corrected chi connectivity index (χ1v) is 12.2. The maximum atomic E-state index is 6.41. The minimum absolute atomic E-state index is 0.225. The van der Waals surface area contributed by atoms with Crippen LogP contribution in [0.25, 0.3) is 0 Å². The van der Waals surface area contributed by atoms with Crippen LogP contribution in [-0.4, -0.2) is 62.7 Å². The predicted molar refractivity (Wildman–Crippen MR) is 119 cm³/mol. The molecule has 0 aromatic heterocycles. The van der Waals surface area contributed by atoms with Gasteiger partial charge in [-0.15, -0.1) is 0 Å². The van der Waals surface area contributed by atoms with Crippen molar-refractivity contribution in [2.24, 2.45) is 5.92 Å². The fourth-order valence-electron chi connectivity index (χ4n) is 3.95. The maximum absolute atomic E-state index is 6.41. The molecule has 0 aromatic carbocycles. The van der Waals surface area contributed by atoms with Gasteiger partial charge in [-0.05, 0) is 25.2 Å². The van der Waals surface area contributed by atoms with Crippen LogP contribution in [0.5, 0.6) is 0 Å². The molecule has 0 aromatic rings. The maximum Gasteiger partial charge on any atom is 0.0777 e. The molecule has 1 heterocycles. The van der Waals surface area contributed by atoms with Crippen molar-refractivity contribution in [2.45, 2.75) is 111 Å². The fourth-order valence-corrected chi connectivity index (χ4v) is 3.95. The summed E-state index contributed by atoms with van der Waals surface area (Å²) in [4.78, 5) is 2.64. The number of likely N-dealkylation sites (tertiary alicyclic amines) is 1. The second-order valence-corrected chi connectivity index (χ2v) is 8.48. The average Bonchev–Trinajstić information content (AvgIpc) is 2.71. The van der Waals surface area contributed by atoms with Crippen molar-refractivity contribution in [3.8, 4) is 0 Å². The summed E-state index contributed by atoms with van der Waals surface area (Å²) in [6.07, 6.45) is 11.0. The molecule has 0 amide bonds. The van der Waals surface area contributed by atoms with Crippen molar-refractivity contribution >= 4 is 0 Å². The lowest BCUT2D eigenvalue weighted by molar-refractivity contribution is -0.123. The molecule has 0 spiro atoms. The smallest absolute Gasteiger partial charge is 0.0777 e. The highest BCUT2D eigenvalue weighted by molar-refractivity contribution is 4.91. The van der Waals surface area contributed by atoms with Gasteiger partial charge in [0.25, 0.3) is 0 Å². The number of hydrogen-bond donors (Lipinski definition) is 0. The number of rotatable bonds is 17. The lowest BCUT2D eigenvalue weighted by Gasteiger charge is -2.45. The van der Waals surface area contributed by atoms with Crippen molar-refractivity contribution in [2.75, 3.05) is 39.5 Å². The molecule has 1 fully saturated rings. The van der Waals surface area contributed by atoms with Crippen molar-refractivity contribution in [1.29, 1.82) is 0 Å². The van der Waals surface area contributed by atoms with Crippen LogP contribution in [-0.2, 0) is 14.2 Å². The molecule has 168 valence electrons. The van der Waals surface area contributed by atoms with E-state index in [0.29, 0.717) is 12.1 Å². The van der Waals surface area contributed by atoms with Crippen molar-refractivity contribution in [1.82, 2.24) is 4.90 Å². The normalized spacial score (nSPS) is 23.6. The highest BCUT2D eigenvalue weighted by atomic mass is 16.5. The van der Waals surface area contributed by atoms with Gasteiger partial charge in [-0.25, -0.2) is 0 Å². The summed E-state index contributed by atoms with van der Waals surface area (Å²) in [6.45, 7) is 16.8. The first kappa shape index (κ1) is 25.9. The van der Waals surface area contributed by atoms with Gasteiger partial charge >= 0.3 is 0 Å². The van der Waals surface area contributed by atoms with Gasteiger partial charge < -0.3 is 14.2 Å². The SMILES string of the molecule is CCCCOCC1C(OCCCC)CC(OCCCC)CN1CC(CC)CC. The molecule has 0 radical (unpaired) electrons. The van der Waals surface area contributed by atoms with E-state index in [-0.39, 0.29) is 6.10 Å². The number of hydrogen-bond acceptors (Lipinski definition) is 4. The zero-order chi connectivity index (χ0) is 20.6. The van der Waals surface area contributed by atoms with Crippen LogP contribution in [0.2, 0.25) is 0 Å². The van der Waals surface area contributed by atoms with E-state index in [2.05, 4.69) is 39.5 Å². The Hall–Kier alpha value is -0.160. The standard InChI is InChI=1S/C24H49NO3/c1-6-11-14-26-20-23-24(28-16-13-8-3)17-22(27-15-12-7-2)19-25(23)18-21(9-4)10-5/h21-24H,6-20H2,1-5H3. The first-order chi connectivity index (χ1) is 13.7. The van der Waals surface area contributed by atoms with Gasteiger partial charge in [0.1, 0.15) is 0 Å². The zero-order valence-corrected chi connectivity index (χ0v) is 19.6. The minimum atomic E-state index is 0.225. The van der Waals surface area contributed by atoms with Crippen molar-refractivity contribution in [3.05, 3.63) is 0 Å². The summed E-state index contributed by atoms with van der Waals surface area (Å²) >= 11 is 0. The molecule has 4 heteroatoms. The summed E-state index contributed by atoms with van der Waals surface area (Å²) in [5.41, 5.74) is 0. The second kappa shape index (κ2) is 16.6. The van der Waals surface area contributed by atoms with Crippen LogP contribution in [0.3, 0.4) is 0 Å². The molecular weight excluding hydrogens is 350 g/mol. The van der Waals surface area contributed by atoms with E-state index in [1.165, 1.54) is 32.1 Å². The average molecular weight is 400 g/mol. The molecule has 1 aliphatic heterocycles. The molecule has 4 nitrogen and oxygen atoms in total. The van der Waals surface area contributed by atoms with E-state index >= 15 is 0 Å². The summed E-state index contributed by atoms with van der Waals surface area (Å²) in [5.74, 6) is 0.740. The van der Waals surface area contributed by atoms with Crippen LogP contribution in [0.15, 0.2) is 0 Å². The third-order valence-corrected chi connectivity index (χ3v) is 6.09. The van der Waals surface area contributed by atoms with Gasteiger partial charge in [-0.3, -0.25) is 4.90 Å². The van der Waals surface area contributed by atoms with Crippen LogP contribution < -0.4 is 0 Å². The van der Waals surface area contributed by atoms with Crippen LogP contribution in [0, 0.1) is 5.92 Å². The lowest BCUT2D eigenvalue weighted by atomic mass is 9.93. The molecular formula is C24H49NO3. The summed E-state index contributed by atoms with van der Waals surface area (Å²) in [6, 6.07) is 0.361. The third kappa shape index (κ3) is 10.0. The Morgan fingerprint density at radius 2 is 1.43 bits per heavy atom. The number of ether oxygens (including phenoxy) is 3. The molecule has 1 saturated heterocycles. The molecule has 0 aliphatic carbocycles. The quantitative estimate of drug-likeness (QED) is 0.294. The monoisotopic (exact) mass is 399 g/mol. The Kier molecular flexibility index (Phi) is 15.4. The summed E-state index contributed by atoms with van der Waals surface area (Å²) in [7, 11) is 0. The third-order valence-electron chi connectivity index (χ3n) is 6.09. The van der Waals surface area contributed by atoms with E-state index < -0.39 is 0 Å². The van der Waals surface area contributed by atoms with Crippen molar-refractivity contribution in [3.63, 3.8) is 0 Å². The largest absolute Gasteiger partial charge is 0.380 e. The van der Waals surface area contributed by atoms with Crippen LogP contribution in [0.1, 0.15) is 92.4 Å². The first-order valence-electron chi connectivity index (χ1n) is 12.2. The van der Waals surface area contributed by atoms with Crippen molar-refractivity contribution < 1.29 is 14.2 Å². The van der Waals surface area contributed by atoms with Gasteiger partial charge in [-0.1, -0.05) is 66.7 Å². The van der Waals surface area contributed by atoms with Gasteiger partial charge in [0.2, 0.25) is 0 Å². The molecule has 1 rings (SSSR count). The molecule has 0 bridgehead atoms. The topological polar surface area (TPSA) is 30.9 Å². The Labute approximate surface area is 175 Å². The van der Waals surface area contributed by atoms with Crippen LogP contribution in [0.4, 0.5) is 0 Å². The van der Waals surface area contributed by atoms with E-state index in [9.17, 15) is 0 Å². The highest BCUT2D eigenvalue weighted by Crippen LogP contribution is 2.26. The zero-order valence-electron chi connectivity index (χ0n) is 19.6. The molecule has 0 N–H and O–H groups in total. The molecule has 3 atom stereocenters. The molecule has 0 saturated carbocycles. The second-order valence-electron chi connectivity index (χ2n) is 8.48. The number of nitrogens with zero attached hydrogens (tertiary/aromatic N) is 1. The van der Waals surface area contributed by atoms with E-state index in [1.54, 1.807) is 0 Å². The van der Waals surface area contributed by atoms with E-state index in [1.807, 2.05) is 0 Å². The van der Waals surface area contributed by atoms with E-state index in [4.69, 9.17) is 14.2 Å². The Balaban J connectivity index is 2.81. The Morgan fingerprint density at radius 3 is 2.04 bits per heavy atom. The minimum Gasteiger partial charge on any atom is -0.380 e. The Bertz CT molecular complexity index is 349. The fraction of sp³-hybridized carbons (Fsp3) is 1.00. The Morgan fingerprint density at radius 1 is 0.821 bits per heavy atom. The van der Waals surface area contributed by atoms with Crippen LogP contribution >= 0.6 is 0 Å². The summed E-state index contributed by atoms with van der Waals surface area (Å²) in [5, 5.41) is 0. The lowest BCUT2D eigenvalue weighted by Crippen LogP contribution is -2.57. The van der Waals surface area contributed by atoms with E-state index in [0.717, 1.165) is 71.1 Å². The highest BCUT2D eigenvalue weighted by Gasteiger charge is 2.38. The molecule has 3 unspecified atom stereocenters. The molecule has 28 heavy (non-hydrogen) atoms. The summed E-state index contributed by atoms with van der Waals surface area (Å²) < 4.78 is 18.8. The number of unbranched alkanes of at least 4 members (excludes halogenated alkanes) is 3. The predicted octanol–water partition coefficient (Wildman–Crippen LogP) is 5.68. The number of piperidine rings is 1. The van der Waals surface area contributed by atoms with Gasteiger partial charge in [0.15, 0.2) is 0 Å². The van der Waals surface area contributed by atoms with Gasteiger partial charge in [-0.2, -0.15) is 0 Å².